The van der Waals surface area contributed by atoms with Crippen molar-refractivity contribution < 1.29 is 5.11 Å². The second-order valence-corrected chi connectivity index (χ2v) is 7.48. The Balaban J connectivity index is 1.56. The molecule has 2 aliphatic rings. The predicted octanol–water partition coefficient (Wildman–Crippen LogP) is 3.28. The Morgan fingerprint density at radius 1 is 1.24 bits per heavy atom. The maximum Gasteiger partial charge on any atom is 0.143 e. The van der Waals surface area contributed by atoms with Crippen molar-refractivity contribution in [3.63, 3.8) is 0 Å². The van der Waals surface area contributed by atoms with E-state index in [1.165, 1.54) is 5.56 Å². The van der Waals surface area contributed by atoms with Crippen LogP contribution in [0.25, 0.3) is 0 Å². The molecule has 128 valence electrons. The highest BCUT2D eigenvalue weighted by atomic mass is 16.3. The molecule has 2 atom stereocenters. The molecule has 0 spiro atoms. The molecule has 0 saturated carbocycles. The Labute approximate surface area is 148 Å². The van der Waals surface area contributed by atoms with Gasteiger partial charge in [0.25, 0.3) is 0 Å². The molecule has 1 N–H and O–H groups in total. The maximum absolute atomic E-state index is 11.3. The summed E-state index contributed by atoms with van der Waals surface area (Å²) in [4.78, 5) is 6.80. The molecule has 0 amide bonds. The molecule has 2 fully saturated rings. The topological polar surface area (TPSA) is 60.1 Å². The standard InChI is InChI=1S/C21H23N3O/c1-15-9-17(13-23-20(15)12-22)21(25)10-18-7-8-19(11-21)24(18)14-16-5-3-2-4-6-16/h2-6,9,13,18-19,25H,7-8,10-11,14H2,1H3. The van der Waals surface area contributed by atoms with E-state index in [9.17, 15) is 5.11 Å². The van der Waals surface area contributed by atoms with Gasteiger partial charge in [-0.15, -0.1) is 0 Å². The zero-order valence-electron chi connectivity index (χ0n) is 14.5. The normalized spacial score (nSPS) is 28.7. The van der Waals surface area contributed by atoms with Crippen LogP contribution in [0.15, 0.2) is 42.6 Å². The summed E-state index contributed by atoms with van der Waals surface area (Å²) in [7, 11) is 0. The molecule has 25 heavy (non-hydrogen) atoms. The van der Waals surface area contributed by atoms with Gasteiger partial charge in [0.15, 0.2) is 0 Å². The van der Waals surface area contributed by atoms with Gasteiger partial charge in [-0.05, 0) is 49.8 Å². The van der Waals surface area contributed by atoms with E-state index in [0.717, 1.165) is 43.4 Å². The number of aliphatic hydroxyl groups is 1. The first-order chi connectivity index (χ1) is 12.1. The Bertz CT molecular complexity index is 798. The fraction of sp³-hybridized carbons (Fsp3) is 0.429. The molecule has 0 aliphatic carbocycles. The van der Waals surface area contributed by atoms with E-state index >= 15 is 0 Å². The number of hydrogen-bond donors (Lipinski definition) is 1. The number of aromatic nitrogens is 1. The van der Waals surface area contributed by atoms with Crippen LogP contribution in [0.5, 0.6) is 0 Å². The fourth-order valence-corrected chi connectivity index (χ4v) is 4.55. The fourth-order valence-electron chi connectivity index (χ4n) is 4.55. The molecule has 1 aromatic heterocycles. The van der Waals surface area contributed by atoms with E-state index in [2.05, 4.69) is 40.2 Å². The van der Waals surface area contributed by atoms with Crippen molar-refractivity contribution in [3.8, 4) is 6.07 Å². The van der Waals surface area contributed by atoms with Crippen LogP contribution in [0.4, 0.5) is 0 Å². The third kappa shape index (κ3) is 2.95. The van der Waals surface area contributed by atoms with Gasteiger partial charge in [0.1, 0.15) is 11.8 Å². The highest BCUT2D eigenvalue weighted by molar-refractivity contribution is 5.35. The zero-order chi connectivity index (χ0) is 17.4. The monoisotopic (exact) mass is 333 g/mol. The van der Waals surface area contributed by atoms with Gasteiger partial charge >= 0.3 is 0 Å². The summed E-state index contributed by atoms with van der Waals surface area (Å²) in [5.74, 6) is 0. The van der Waals surface area contributed by atoms with Gasteiger partial charge in [-0.2, -0.15) is 5.26 Å². The molecule has 2 bridgehead atoms. The van der Waals surface area contributed by atoms with E-state index in [4.69, 9.17) is 5.26 Å². The summed E-state index contributed by atoms with van der Waals surface area (Å²) >= 11 is 0. The first-order valence-corrected chi connectivity index (χ1v) is 8.98. The molecule has 2 saturated heterocycles. The van der Waals surface area contributed by atoms with Gasteiger partial charge in [0.2, 0.25) is 0 Å². The van der Waals surface area contributed by atoms with Crippen LogP contribution in [0.2, 0.25) is 0 Å². The molecule has 3 heterocycles. The number of pyridine rings is 1. The van der Waals surface area contributed by atoms with Crippen LogP contribution in [0.3, 0.4) is 0 Å². The van der Waals surface area contributed by atoms with Crippen molar-refractivity contribution >= 4 is 0 Å². The van der Waals surface area contributed by atoms with E-state index in [-0.39, 0.29) is 0 Å². The third-order valence-electron chi connectivity index (χ3n) is 5.85. The molecule has 4 nitrogen and oxygen atoms in total. The molecule has 2 unspecified atom stereocenters. The Morgan fingerprint density at radius 2 is 1.92 bits per heavy atom. The highest BCUT2D eigenvalue weighted by Gasteiger charge is 2.48. The van der Waals surface area contributed by atoms with Crippen molar-refractivity contribution in [1.82, 2.24) is 9.88 Å². The number of hydrogen-bond acceptors (Lipinski definition) is 4. The van der Waals surface area contributed by atoms with Crippen molar-refractivity contribution in [3.05, 3.63) is 65.0 Å². The average molecular weight is 333 g/mol. The third-order valence-corrected chi connectivity index (χ3v) is 5.85. The van der Waals surface area contributed by atoms with E-state index in [0.29, 0.717) is 17.8 Å². The van der Waals surface area contributed by atoms with Crippen LogP contribution in [-0.4, -0.2) is 27.1 Å². The smallest absolute Gasteiger partial charge is 0.143 e. The van der Waals surface area contributed by atoms with Crippen LogP contribution in [0, 0.1) is 18.3 Å². The maximum atomic E-state index is 11.3. The van der Waals surface area contributed by atoms with Gasteiger partial charge < -0.3 is 5.11 Å². The molecule has 0 radical (unpaired) electrons. The second-order valence-electron chi connectivity index (χ2n) is 7.48. The predicted molar refractivity (Wildman–Crippen MR) is 95.6 cm³/mol. The lowest BCUT2D eigenvalue weighted by Crippen LogP contribution is -2.49. The summed E-state index contributed by atoms with van der Waals surface area (Å²) in [5.41, 5.74) is 2.65. The van der Waals surface area contributed by atoms with Crippen molar-refractivity contribution in [2.75, 3.05) is 0 Å². The summed E-state index contributed by atoms with van der Waals surface area (Å²) in [6.45, 7) is 2.84. The molecular formula is C21H23N3O. The van der Waals surface area contributed by atoms with Gasteiger partial charge in [-0.25, -0.2) is 4.98 Å². The lowest BCUT2D eigenvalue weighted by Gasteiger charge is -2.44. The average Bonchev–Trinajstić information content (AvgIpc) is 2.86. The summed E-state index contributed by atoms with van der Waals surface area (Å²) < 4.78 is 0. The lowest BCUT2D eigenvalue weighted by molar-refractivity contribution is -0.0597. The van der Waals surface area contributed by atoms with Gasteiger partial charge in [-0.3, -0.25) is 4.90 Å². The molecule has 1 aromatic carbocycles. The van der Waals surface area contributed by atoms with Crippen molar-refractivity contribution in [2.24, 2.45) is 0 Å². The number of nitriles is 1. The molecular weight excluding hydrogens is 310 g/mol. The number of benzene rings is 1. The first-order valence-electron chi connectivity index (χ1n) is 8.98. The largest absolute Gasteiger partial charge is 0.385 e. The Morgan fingerprint density at radius 3 is 2.52 bits per heavy atom. The second kappa shape index (κ2) is 6.25. The quantitative estimate of drug-likeness (QED) is 0.936. The summed E-state index contributed by atoms with van der Waals surface area (Å²) in [6, 6.07) is 15.4. The first kappa shape index (κ1) is 16.3. The number of aryl methyl sites for hydroxylation is 1. The van der Waals surface area contributed by atoms with E-state index < -0.39 is 5.60 Å². The van der Waals surface area contributed by atoms with Crippen LogP contribution < -0.4 is 0 Å². The van der Waals surface area contributed by atoms with E-state index in [1.54, 1.807) is 6.20 Å². The number of piperidine rings is 1. The van der Waals surface area contributed by atoms with Crippen LogP contribution >= 0.6 is 0 Å². The minimum absolute atomic E-state index is 0.403. The molecule has 2 aromatic rings. The number of nitrogens with zero attached hydrogens (tertiary/aromatic N) is 3. The van der Waals surface area contributed by atoms with Gasteiger partial charge in [0, 0.05) is 30.4 Å². The van der Waals surface area contributed by atoms with Gasteiger partial charge in [-0.1, -0.05) is 30.3 Å². The highest BCUT2D eigenvalue weighted by Crippen LogP contribution is 2.46. The van der Waals surface area contributed by atoms with Crippen molar-refractivity contribution in [1.29, 1.82) is 5.26 Å². The summed E-state index contributed by atoms with van der Waals surface area (Å²) in [5, 5.41) is 20.4. The number of fused-ring (bicyclic) bond motifs is 2. The summed E-state index contributed by atoms with van der Waals surface area (Å²) in [6.07, 6.45) is 5.45. The van der Waals surface area contributed by atoms with Crippen LogP contribution in [0.1, 0.15) is 48.1 Å². The molecule has 4 rings (SSSR count). The number of rotatable bonds is 3. The zero-order valence-corrected chi connectivity index (χ0v) is 14.5. The SMILES string of the molecule is Cc1cc(C2(O)CC3CCC(C2)N3Cc2ccccc2)cnc1C#N. The van der Waals surface area contributed by atoms with Gasteiger partial charge in [0.05, 0.1) is 5.60 Å². The molecule has 2 aliphatic heterocycles. The minimum Gasteiger partial charge on any atom is -0.385 e. The minimum atomic E-state index is -0.829. The Kier molecular flexibility index (Phi) is 4.07. The molecule has 4 heteroatoms. The van der Waals surface area contributed by atoms with Crippen LogP contribution in [-0.2, 0) is 12.1 Å². The Hall–Kier alpha value is -2.22. The lowest BCUT2D eigenvalue weighted by atomic mass is 9.80. The van der Waals surface area contributed by atoms with E-state index in [1.807, 2.05) is 19.1 Å². The van der Waals surface area contributed by atoms with Crippen molar-refractivity contribution in [2.45, 2.75) is 56.8 Å².